The SMILES string of the molecule is COCCOCCCC(CBr)c1cccc(F)c1. The molecule has 1 unspecified atom stereocenters. The topological polar surface area (TPSA) is 18.5 Å². The van der Waals surface area contributed by atoms with Crippen molar-refractivity contribution in [3.8, 4) is 0 Å². The first kappa shape index (κ1) is 15.6. The fourth-order valence-electron chi connectivity index (χ4n) is 1.77. The largest absolute Gasteiger partial charge is 0.382 e. The van der Waals surface area contributed by atoms with E-state index >= 15 is 0 Å². The van der Waals surface area contributed by atoms with Gasteiger partial charge in [0, 0.05) is 19.0 Å². The highest BCUT2D eigenvalue weighted by atomic mass is 79.9. The van der Waals surface area contributed by atoms with Crippen LogP contribution in [0.15, 0.2) is 24.3 Å². The molecule has 0 N–H and O–H groups in total. The molecule has 0 bridgehead atoms. The van der Waals surface area contributed by atoms with Crippen molar-refractivity contribution in [2.24, 2.45) is 0 Å². The van der Waals surface area contributed by atoms with Crippen molar-refractivity contribution < 1.29 is 13.9 Å². The van der Waals surface area contributed by atoms with Crippen LogP contribution >= 0.6 is 15.9 Å². The number of halogens is 2. The summed E-state index contributed by atoms with van der Waals surface area (Å²) in [6.45, 7) is 1.99. The molecule has 4 heteroatoms. The maximum absolute atomic E-state index is 13.1. The molecule has 0 spiro atoms. The number of hydrogen-bond acceptors (Lipinski definition) is 2. The smallest absolute Gasteiger partial charge is 0.123 e. The van der Waals surface area contributed by atoms with Gasteiger partial charge in [-0.25, -0.2) is 4.39 Å². The summed E-state index contributed by atoms with van der Waals surface area (Å²) < 4.78 is 23.5. The minimum Gasteiger partial charge on any atom is -0.382 e. The molecule has 1 atom stereocenters. The van der Waals surface area contributed by atoms with Crippen LogP contribution < -0.4 is 0 Å². The maximum atomic E-state index is 13.1. The van der Waals surface area contributed by atoms with Crippen LogP contribution in [0.4, 0.5) is 4.39 Å². The van der Waals surface area contributed by atoms with Crippen LogP contribution in [0, 0.1) is 5.82 Å². The summed E-state index contributed by atoms with van der Waals surface area (Å²) in [5.41, 5.74) is 1.05. The third-order valence-corrected chi connectivity index (χ3v) is 3.56. The molecule has 0 heterocycles. The molecule has 0 radical (unpaired) electrons. The van der Waals surface area contributed by atoms with Gasteiger partial charge in [0.25, 0.3) is 0 Å². The Morgan fingerprint density at radius 1 is 1.28 bits per heavy atom. The predicted octanol–water partition coefficient (Wildman–Crippen LogP) is 3.75. The zero-order valence-electron chi connectivity index (χ0n) is 10.7. The predicted molar refractivity (Wildman–Crippen MR) is 74.9 cm³/mol. The Kier molecular flexibility index (Phi) is 8.22. The van der Waals surface area contributed by atoms with Crippen molar-refractivity contribution in [2.75, 3.05) is 32.3 Å². The summed E-state index contributed by atoms with van der Waals surface area (Å²) >= 11 is 3.49. The number of hydrogen-bond donors (Lipinski definition) is 0. The summed E-state index contributed by atoms with van der Waals surface area (Å²) in [6.07, 6.45) is 1.96. The molecular formula is C14H20BrFO2. The number of methoxy groups -OCH3 is 1. The Balaban J connectivity index is 2.29. The van der Waals surface area contributed by atoms with E-state index in [0.29, 0.717) is 19.1 Å². The van der Waals surface area contributed by atoms with Gasteiger partial charge in [-0.2, -0.15) is 0 Å². The Labute approximate surface area is 117 Å². The lowest BCUT2D eigenvalue weighted by Crippen LogP contribution is -2.06. The first-order chi connectivity index (χ1) is 8.77. The molecule has 0 amide bonds. The Morgan fingerprint density at radius 2 is 2.11 bits per heavy atom. The van der Waals surface area contributed by atoms with E-state index in [0.717, 1.165) is 30.3 Å². The molecule has 0 aliphatic rings. The van der Waals surface area contributed by atoms with Gasteiger partial charge in [0.05, 0.1) is 13.2 Å². The molecule has 1 aromatic rings. The van der Waals surface area contributed by atoms with Crippen LogP contribution in [0.1, 0.15) is 24.3 Å². The van der Waals surface area contributed by atoms with Crippen molar-refractivity contribution in [3.05, 3.63) is 35.6 Å². The Hall–Kier alpha value is -0.450. The lowest BCUT2D eigenvalue weighted by molar-refractivity contribution is 0.0683. The van der Waals surface area contributed by atoms with E-state index in [1.165, 1.54) is 6.07 Å². The molecule has 18 heavy (non-hydrogen) atoms. The zero-order valence-corrected chi connectivity index (χ0v) is 12.3. The molecule has 0 aliphatic carbocycles. The van der Waals surface area contributed by atoms with Crippen molar-refractivity contribution >= 4 is 15.9 Å². The van der Waals surface area contributed by atoms with Gasteiger partial charge in [-0.05, 0) is 36.5 Å². The molecule has 102 valence electrons. The van der Waals surface area contributed by atoms with E-state index in [1.807, 2.05) is 6.07 Å². The van der Waals surface area contributed by atoms with E-state index in [-0.39, 0.29) is 5.82 Å². The molecular weight excluding hydrogens is 299 g/mol. The van der Waals surface area contributed by atoms with Gasteiger partial charge in [0.1, 0.15) is 5.82 Å². The normalized spacial score (nSPS) is 12.6. The molecule has 0 aliphatic heterocycles. The summed E-state index contributed by atoms with van der Waals surface area (Å²) in [7, 11) is 1.66. The van der Waals surface area contributed by atoms with Crippen LogP contribution in [0.3, 0.4) is 0 Å². The number of alkyl halides is 1. The van der Waals surface area contributed by atoms with Gasteiger partial charge in [-0.1, -0.05) is 28.1 Å². The van der Waals surface area contributed by atoms with Crippen LogP contribution in [0.25, 0.3) is 0 Å². The van der Waals surface area contributed by atoms with Crippen LogP contribution in [0.5, 0.6) is 0 Å². The van der Waals surface area contributed by atoms with E-state index in [4.69, 9.17) is 9.47 Å². The minimum atomic E-state index is -0.171. The molecule has 0 aromatic heterocycles. The van der Waals surface area contributed by atoms with Gasteiger partial charge in [-0.15, -0.1) is 0 Å². The van der Waals surface area contributed by atoms with E-state index in [9.17, 15) is 4.39 Å². The number of rotatable bonds is 9. The summed E-state index contributed by atoms with van der Waals surface area (Å²) in [5.74, 6) is 0.168. The van der Waals surface area contributed by atoms with Crippen molar-refractivity contribution in [3.63, 3.8) is 0 Å². The van der Waals surface area contributed by atoms with Gasteiger partial charge >= 0.3 is 0 Å². The first-order valence-electron chi connectivity index (χ1n) is 6.16. The second-order valence-corrected chi connectivity index (χ2v) is 4.80. The minimum absolute atomic E-state index is 0.171. The molecule has 1 aromatic carbocycles. The average Bonchev–Trinajstić information content (AvgIpc) is 2.38. The highest BCUT2D eigenvalue weighted by Gasteiger charge is 2.10. The van der Waals surface area contributed by atoms with E-state index in [1.54, 1.807) is 19.2 Å². The van der Waals surface area contributed by atoms with Gasteiger partial charge in [-0.3, -0.25) is 0 Å². The lowest BCUT2D eigenvalue weighted by Gasteiger charge is -2.14. The van der Waals surface area contributed by atoms with Gasteiger partial charge < -0.3 is 9.47 Å². The molecule has 0 saturated carbocycles. The average molecular weight is 319 g/mol. The Morgan fingerprint density at radius 3 is 2.78 bits per heavy atom. The monoisotopic (exact) mass is 318 g/mol. The Bertz CT molecular complexity index is 333. The van der Waals surface area contributed by atoms with E-state index < -0.39 is 0 Å². The number of benzene rings is 1. The van der Waals surface area contributed by atoms with Crippen LogP contribution in [0.2, 0.25) is 0 Å². The quantitative estimate of drug-likeness (QED) is 0.510. The molecule has 1 rings (SSSR count). The maximum Gasteiger partial charge on any atom is 0.123 e. The highest BCUT2D eigenvalue weighted by molar-refractivity contribution is 9.09. The van der Waals surface area contributed by atoms with E-state index in [2.05, 4.69) is 15.9 Å². The standard InChI is InChI=1S/C14H20BrFO2/c1-17-8-9-18-7-3-5-13(11-15)12-4-2-6-14(16)10-12/h2,4,6,10,13H,3,5,7-9,11H2,1H3. The highest BCUT2D eigenvalue weighted by Crippen LogP contribution is 2.24. The van der Waals surface area contributed by atoms with Gasteiger partial charge in [0.15, 0.2) is 0 Å². The lowest BCUT2D eigenvalue weighted by atomic mass is 9.96. The van der Waals surface area contributed by atoms with Crippen molar-refractivity contribution in [1.82, 2.24) is 0 Å². The molecule has 0 fully saturated rings. The van der Waals surface area contributed by atoms with Crippen LogP contribution in [-0.4, -0.2) is 32.3 Å². The fourth-order valence-corrected chi connectivity index (χ4v) is 2.47. The second-order valence-electron chi connectivity index (χ2n) is 4.15. The number of ether oxygens (including phenoxy) is 2. The van der Waals surface area contributed by atoms with Crippen LogP contribution in [-0.2, 0) is 9.47 Å². The molecule has 0 saturated heterocycles. The van der Waals surface area contributed by atoms with Crippen molar-refractivity contribution in [1.29, 1.82) is 0 Å². The third kappa shape index (κ3) is 5.94. The zero-order chi connectivity index (χ0) is 13.2. The van der Waals surface area contributed by atoms with Crippen molar-refractivity contribution in [2.45, 2.75) is 18.8 Å². The summed E-state index contributed by atoms with van der Waals surface area (Å²) in [6, 6.07) is 6.82. The summed E-state index contributed by atoms with van der Waals surface area (Å²) in [5, 5.41) is 0.842. The first-order valence-corrected chi connectivity index (χ1v) is 7.28. The fraction of sp³-hybridized carbons (Fsp3) is 0.571. The third-order valence-electron chi connectivity index (χ3n) is 2.78. The second kappa shape index (κ2) is 9.48. The van der Waals surface area contributed by atoms with Gasteiger partial charge in [0.2, 0.25) is 0 Å². The summed E-state index contributed by atoms with van der Waals surface area (Å²) in [4.78, 5) is 0. The molecule has 2 nitrogen and oxygen atoms in total.